The fourth-order valence-electron chi connectivity index (χ4n) is 6.42. The first-order valence-corrected chi connectivity index (χ1v) is 18.1. The van der Waals surface area contributed by atoms with Crippen molar-refractivity contribution in [1.29, 1.82) is 0 Å². The van der Waals surface area contributed by atoms with E-state index in [9.17, 15) is 29.7 Å². The first kappa shape index (κ1) is 43.7. The number of hydrogen-bond donors (Lipinski definition) is 6. The van der Waals surface area contributed by atoms with Crippen LogP contribution in [0.2, 0.25) is 0 Å². The number of aliphatic hydroxyl groups is 3. The van der Waals surface area contributed by atoms with Crippen LogP contribution in [0.25, 0.3) is 0 Å². The Morgan fingerprint density at radius 1 is 0.827 bits per heavy atom. The van der Waals surface area contributed by atoms with Gasteiger partial charge in [0.05, 0.1) is 30.6 Å². The minimum absolute atomic E-state index is 0.135. The molecule has 16 heteroatoms. The minimum atomic E-state index is -1.52. The highest BCUT2D eigenvalue weighted by atomic mass is 16.7. The number of esters is 1. The molecule has 0 spiro atoms. The van der Waals surface area contributed by atoms with E-state index in [2.05, 4.69) is 10.6 Å². The number of carbonyl (C=O) groups excluding carboxylic acids is 3. The highest BCUT2D eigenvalue weighted by Gasteiger charge is 2.54. The molecule has 0 aromatic carbocycles. The Morgan fingerprint density at radius 2 is 1.38 bits per heavy atom. The molecule has 2 amide bonds. The molecule has 3 aliphatic rings. The van der Waals surface area contributed by atoms with Crippen molar-refractivity contribution >= 4 is 18.2 Å². The standard InChI is InChI=1S/C36H63N3O13/c1-17-13-14-20(15-38-32(44)51-35(7,8)9)47-30(17)49-28-23(39-33(45)52-36(10,11)12)24(40)19(3)27(26(28)42)48-31-25(41)21(18(2)16-46-31)22(37)29(43)50-34(4,5)6/h16-17,19-28,30-31,40-42H,13-15,37H2,1-12H3,(H,38,44)(H,39,45)/t17?,19-,20?,21-,22?,23+,24?,25?,26?,27+,28?,30-,31-/m1/s1. The van der Waals surface area contributed by atoms with E-state index in [0.717, 1.165) is 0 Å². The molecule has 7 unspecified atom stereocenters. The summed E-state index contributed by atoms with van der Waals surface area (Å²) in [6.45, 7) is 20.7. The normalized spacial score (nSPS) is 35.0. The van der Waals surface area contributed by atoms with Gasteiger partial charge in [0, 0.05) is 24.3 Å². The van der Waals surface area contributed by atoms with Crippen LogP contribution in [0, 0.1) is 17.8 Å². The molecule has 300 valence electrons. The highest BCUT2D eigenvalue weighted by Crippen LogP contribution is 2.37. The Bertz CT molecular complexity index is 1260. The van der Waals surface area contributed by atoms with E-state index >= 15 is 0 Å². The molecule has 1 saturated heterocycles. The SMILES string of the molecule is CC1=CO[C@H](O[C@@H]2C(O)C(O[C@H]3OC(CNC(=O)OC(C)(C)C)CCC3C)[C@@H](NC(=O)OC(C)(C)C)C(O)[C@H]2C)C(O)[C@H]1C(N)C(=O)OC(C)(C)C. The first-order valence-electron chi connectivity index (χ1n) is 18.1. The minimum Gasteiger partial charge on any atom is -0.470 e. The fourth-order valence-corrected chi connectivity index (χ4v) is 6.42. The molecule has 2 fully saturated rings. The van der Waals surface area contributed by atoms with Crippen molar-refractivity contribution in [2.45, 2.75) is 174 Å². The maximum absolute atomic E-state index is 13.0. The number of hydrogen-bond acceptors (Lipinski definition) is 14. The lowest BCUT2D eigenvalue weighted by Crippen LogP contribution is -2.68. The molecular weight excluding hydrogens is 682 g/mol. The fraction of sp³-hybridized carbons (Fsp3) is 0.861. The summed E-state index contributed by atoms with van der Waals surface area (Å²) in [6.07, 6.45) is -8.55. The van der Waals surface area contributed by atoms with Gasteiger partial charge >= 0.3 is 18.2 Å². The van der Waals surface area contributed by atoms with Crippen LogP contribution in [0.4, 0.5) is 9.59 Å². The average molecular weight is 746 g/mol. The number of ether oxygens (including phenoxy) is 7. The zero-order chi connectivity index (χ0) is 39.5. The molecule has 3 rings (SSSR count). The Hall–Kier alpha value is -2.73. The topological polar surface area (TPSA) is 227 Å². The van der Waals surface area contributed by atoms with Crippen LogP contribution in [-0.4, -0.2) is 118 Å². The van der Waals surface area contributed by atoms with Gasteiger partial charge in [0.25, 0.3) is 0 Å². The second kappa shape index (κ2) is 17.2. The predicted octanol–water partition coefficient (Wildman–Crippen LogP) is 2.59. The smallest absolute Gasteiger partial charge is 0.408 e. The summed E-state index contributed by atoms with van der Waals surface area (Å²) in [6, 6.07) is -2.45. The molecule has 16 nitrogen and oxygen atoms in total. The molecule has 0 aromatic rings. The maximum atomic E-state index is 13.0. The van der Waals surface area contributed by atoms with E-state index in [1.54, 1.807) is 76.2 Å². The summed E-state index contributed by atoms with van der Waals surface area (Å²) in [4.78, 5) is 38.2. The summed E-state index contributed by atoms with van der Waals surface area (Å²) in [5.74, 6) is -2.72. The lowest BCUT2D eigenvalue weighted by molar-refractivity contribution is -0.300. The van der Waals surface area contributed by atoms with Crippen molar-refractivity contribution in [2.75, 3.05) is 6.54 Å². The zero-order valence-electron chi connectivity index (χ0n) is 32.7. The molecule has 0 radical (unpaired) electrons. The largest absolute Gasteiger partial charge is 0.470 e. The Kier molecular flexibility index (Phi) is 14.4. The molecule has 0 aromatic heterocycles. The van der Waals surface area contributed by atoms with Crippen LogP contribution >= 0.6 is 0 Å². The molecule has 52 heavy (non-hydrogen) atoms. The van der Waals surface area contributed by atoms with Gasteiger partial charge in [-0.2, -0.15) is 0 Å². The Labute approximate surface area is 307 Å². The van der Waals surface area contributed by atoms with Gasteiger partial charge in [-0.1, -0.05) is 13.8 Å². The van der Waals surface area contributed by atoms with E-state index in [1.807, 2.05) is 6.92 Å². The van der Waals surface area contributed by atoms with E-state index < -0.39 is 108 Å². The average Bonchev–Trinajstić information content (AvgIpc) is 2.98. The highest BCUT2D eigenvalue weighted by molar-refractivity contribution is 5.77. The van der Waals surface area contributed by atoms with Crippen LogP contribution in [0.5, 0.6) is 0 Å². The van der Waals surface area contributed by atoms with Gasteiger partial charge in [-0.15, -0.1) is 0 Å². The third-order valence-electron chi connectivity index (χ3n) is 8.95. The second-order valence-electron chi connectivity index (χ2n) is 17.2. The zero-order valence-corrected chi connectivity index (χ0v) is 32.7. The number of rotatable bonds is 9. The number of alkyl carbamates (subject to hydrolysis) is 2. The summed E-state index contributed by atoms with van der Waals surface area (Å²) in [5, 5.41) is 40.4. The van der Waals surface area contributed by atoms with Crippen LogP contribution in [0.1, 0.15) is 95.9 Å². The lowest BCUT2D eigenvalue weighted by atomic mass is 9.77. The third-order valence-corrected chi connectivity index (χ3v) is 8.95. The number of amides is 2. The van der Waals surface area contributed by atoms with Gasteiger partial charge in [0.15, 0.2) is 6.29 Å². The van der Waals surface area contributed by atoms with Gasteiger partial charge in [0.2, 0.25) is 6.29 Å². The lowest BCUT2D eigenvalue weighted by Gasteiger charge is -2.49. The van der Waals surface area contributed by atoms with E-state index in [0.29, 0.717) is 18.4 Å². The van der Waals surface area contributed by atoms with Crippen molar-refractivity contribution in [3.8, 4) is 0 Å². The van der Waals surface area contributed by atoms with Crippen LogP contribution in [0.3, 0.4) is 0 Å². The second-order valence-corrected chi connectivity index (χ2v) is 17.2. The summed E-state index contributed by atoms with van der Waals surface area (Å²) in [7, 11) is 0. The van der Waals surface area contributed by atoms with Gasteiger partial charge in [-0.05, 0) is 87.7 Å². The summed E-state index contributed by atoms with van der Waals surface area (Å²) in [5.41, 5.74) is 4.40. The van der Waals surface area contributed by atoms with Crippen LogP contribution < -0.4 is 16.4 Å². The van der Waals surface area contributed by atoms with Crippen molar-refractivity contribution < 1.29 is 62.9 Å². The van der Waals surface area contributed by atoms with Gasteiger partial charge in [0.1, 0.15) is 41.2 Å². The van der Waals surface area contributed by atoms with E-state index in [1.165, 1.54) is 6.26 Å². The molecule has 13 atom stereocenters. The van der Waals surface area contributed by atoms with Crippen LogP contribution in [-0.2, 0) is 38.0 Å². The summed E-state index contributed by atoms with van der Waals surface area (Å²) >= 11 is 0. The molecule has 2 heterocycles. The van der Waals surface area contributed by atoms with Crippen molar-refractivity contribution in [3.05, 3.63) is 11.8 Å². The number of aliphatic hydroxyl groups excluding tert-OH is 3. The molecule has 1 aliphatic carbocycles. The van der Waals surface area contributed by atoms with Crippen molar-refractivity contribution in [3.63, 3.8) is 0 Å². The first-order chi connectivity index (χ1) is 23.8. The quantitative estimate of drug-likeness (QED) is 0.147. The maximum Gasteiger partial charge on any atom is 0.408 e. The number of carbonyl (C=O) groups is 3. The van der Waals surface area contributed by atoms with Gasteiger partial charge in [-0.25, -0.2) is 9.59 Å². The van der Waals surface area contributed by atoms with Gasteiger partial charge in [-0.3, -0.25) is 4.79 Å². The van der Waals surface area contributed by atoms with Gasteiger partial charge < -0.3 is 64.8 Å². The molecular formula is C36H63N3O13. The van der Waals surface area contributed by atoms with E-state index in [4.69, 9.17) is 38.9 Å². The van der Waals surface area contributed by atoms with Crippen LogP contribution in [0.15, 0.2) is 11.8 Å². The molecule has 1 saturated carbocycles. The monoisotopic (exact) mass is 745 g/mol. The Balaban J connectivity index is 1.85. The summed E-state index contributed by atoms with van der Waals surface area (Å²) < 4.78 is 40.8. The van der Waals surface area contributed by atoms with Crippen molar-refractivity contribution in [2.24, 2.45) is 23.5 Å². The van der Waals surface area contributed by atoms with Crippen molar-refractivity contribution in [1.82, 2.24) is 10.6 Å². The Morgan fingerprint density at radius 3 is 1.96 bits per heavy atom. The number of nitrogens with two attached hydrogens (primary N) is 1. The molecule has 0 bridgehead atoms. The molecule has 7 N–H and O–H groups in total. The predicted molar refractivity (Wildman–Crippen MR) is 187 cm³/mol. The molecule has 2 aliphatic heterocycles. The number of nitrogens with one attached hydrogen (secondary N) is 2. The third kappa shape index (κ3) is 12.1. The van der Waals surface area contributed by atoms with E-state index in [-0.39, 0.29) is 12.5 Å².